The van der Waals surface area contributed by atoms with Crippen LogP contribution in [-0.2, 0) is 17.3 Å². The number of pyridine rings is 1. The SMILES string of the molecule is Cn1ncc2c(Oc3ccc(C(C)(C)C(=O)NO)cc3)ccnc21. The van der Waals surface area contributed by atoms with E-state index >= 15 is 0 Å². The largest absolute Gasteiger partial charge is 0.456 e. The number of aromatic nitrogens is 3. The van der Waals surface area contributed by atoms with Crippen LogP contribution in [-0.4, -0.2) is 25.9 Å². The van der Waals surface area contributed by atoms with E-state index in [1.165, 1.54) is 0 Å². The summed E-state index contributed by atoms with van der Waals surface area (Å²) in [6.45, 7) is 3.47. The number of hydrogen-bond acceptors (Lipinski definition) is 5. The molecule has 0 saturated heterocycles. The van der Waals surface area contributed by atoms with Gasteiger partial charge < -0.3 is 4.74 Å². The van der Waals surface area contributed by atoms with Crippen molar-refractivity contribution in [2.24, 2.45) is 7.05 Å². The van der Waals surface area contributed by atoms with Crippen LogP contribution in [0.2, 0.25) is 0 Å². The summed E-state index contributed by atoms with van der Waals surface area (Å²) in [7, 11) is 1.82. The molecular formula is C17H18N4O3. The van der Waals surface area contributed by atoms with E-state index in [2.05, 4.69) is 10.1 Å². The van der Waals surface area contributed by atoms with Crippen LogP contribution >= 0.6 is 0 Å². The number of hydrogen-bond donors (Lipinski definition) is 2. The summed E-state index contributed by atoms with van der Waals surface area (Å²) >= 11 is 0. The van der Waals surface area contributed by atoms with Crippen molar-refractivity contribution in [3.63, 3.8) is 0 Å². The highest BCUT2D eigenvalue weighted by Gasteiger charge is 2.29. The van der Waals surface area contributed by atoms with Crippen LogP contribution in [0.1, 0.15) is 19.4 Å². The Labute approximate surface area is 138 Å². The summed E-state index contributed by atoms with van der Waals surface area (Å²) in [6.07, 6.45) is 3.38. The van der Waals surface area contributed by atoms with Gasteiger partial charge in [-0.05, 0) is 37.6 Å². The Morgan fingerprint density at radius 1 is 1.25 bits per heavy atom. The molecular weight excluding hydrogens is 308 g/mol. The normalized spacial score (nSPS) is 11.5. The zero-order chi connectivity index (χ0) is 17.3. The molecule has 3 rings (SSSR count). The van der Waals surface area contributed by atoms with Gasteiger partial charge in [0, 0.05) is 13.2 Å². The molecule has 1 aromatic carbocycles. The molecule has 0 bridgehead atoms. The van der Waals surface area contributed by atoms with Crippen molar-refractivity contribution in [1.29, 1.82) is 0 Å². The van der Waals surface area contributed by atoms with Gasteiger partial charge in [-0.2, -0.15) is 5.10 Å². The van der Waals surface area contributed by atoms with E-state index in [0.29, 0.717) is 11.5 Å². The maximum absolute atomic E-state index is 11.8. The fraction of sp³-hybridized carbons (Fsp3) is 0.235. The van der Waals surface area contributed by atoms with E-state index in [4.69, 9.17) is 9.94 Å². The van der Waals surface area contributed by atoms with Crippen LogP contribution in [0, 0.1) is 0 Å². The molecule has 2 heterocycles. The molecule has 2 aromatic heterocycles. The zero-order valence-electron chi connectivity index (χ0n) is 13.6. The van der Waals surface area contributed by atoms with Crippen LogP contribution in [0.5, 0.6) is 11.5 Å². The van der Waals surface area contributed by atoms with Gasteiger partial charge in [-0.1, -0.05) is 12.1 Å². The highest BCUT2D eigenvalue weighted by molar-refractivity contribution is 5.86. The summed E-state index contributed by atoms with van der Waals surface area (Å²) < 4.78 is 7.60. The van der Waals surface area contributed by atoms with Gasteiger partial charge in [0.15, 0.2) is 5.65 Å². The van der Waals surface area contributed by atoms with Crippen LogP contribution in [0.15, 0.2) is 42.7 Å². The molecule has 1 amide bonds. The average Bonchev–Trinajstić information content (AvgIpc) is 2.97. The molecule has 0 atom stereocenters. The number of ether oxygens (including phenoxy) is 1. The Morgan fingerprint density at radius 2 is 1.96 bits per heavy atom. The molecule has 7 heteroatoms. The van der Waals surface area contributed by atoms with Crippen molar-refractivity contribution in [3.8, 4) is 11.5 Å². The maximum atomic E-state index is 11.8. The predicted octanol–water partition coefficient (Wildman–Crippen LogP) is 2.54. The molecule has 0 unspecified atom stereocenters. The van der Waals surface area contributed by atoms with Gasteiger partial charge in [0.25, 0.3) is 5.91 Å². The number of hydroxylamine groups is 1. The molecule has 0 radical (unpaired) electrons. The number of aryl methyl sites for hydroxylation is 1. The second-order valence-electron chi connectivity index (χ2n) is 6.01. The molecule has 24 heavy (non-hydrogen) atoms. The number of amides is 1. The minimum atomic E-state index is -0.847. The molecule has 0 aliphatic carbocycles. The Kier molecular flexibility index (Phi) is 3.94. The fourth-order valence-electron chi connectivity index (χ4n) is 2.45. The lowest BCUT2D eigenvalue weighted by molar-refractivity contribution is -0.134. The molecule has 0 spiro atoms. The Hall–Kier alpha value is -2.93. The van der Waals surface area contributed by atoms with Gasteiger partial charge in [0.2, 0.25) is 0 Å². The molecule has 124 valence electrons. The first-order chi connectivity index (χ1) is 11.4. The van der Waals surface area contributed by atoms with Gasteiger partial charge in [0.05, 0.1) is 17.0 Å². The van der Waals surface area contributed by atoms with Gasteiger partial charge in [-0.25, -0.2) is 10.5 Å². The molecule has 2 N–H and O–H groups in total. The zero-order valence-corrected chi connectivity index (χ0v) is 13.6. The molecule has 0 saturated carbocycles. The van der Waals surface area contributed by atoms with Crippen molar-refractivity contribution >= 4 is 16.9 Å². The topological polar surface area (TPSA) is 89.3 Å². The number of rotatable bonds is 4. The fourth-order valence-corrected chi connectivity index (χ4v) is 2.45. The lowest BCUT2D eigenvalue weighted by atomic mass is 9.84. The number of fused-ring (bicyclic) bond motifs is 1. The van der Waals surface area contributed by atoms with Crippen molar-refractivity contribution < 1.29 is 14.7 Å². The first-order valence-electron chi connectivity index (χ1n) is 7.43. The van der Waals surface area contributed by atoms with Crippen LogP contribution in [0.3, 0.4) is 0 Å². The highest BCUT2D eigenvalue weighted by Crippen LogP contribution is 2.30. The molecule has 0 aliphatic heterocycles. The van der Waals surface area contributed by atoms with E-state index in [-0.39, 0.29) is 0 Å². The van der Waals surface area contributed by atoms with Crippen molar-refractivity contribution in [2.45, 2.75) is 19.3 Å². The van der Waals surface area contributed by atoms with Crippen LogP contribution in [0.4, 0.5) is 0 Å². The van der Waals surface area contributed by atoms with Gasteiger partial charge in [-0.15, -0.1) is 0 Å². The van der Waals surface area contributed by atoms with Crippen molar-refractivity contribution in [3.05, 3.63) is 48.3 Å². The Balaban J connectivity index is 1.88. The number of carbonyl (C=O) groups excluding carboxylic acids is 1. The average molecular weight is 326 g/mol. The summed E-state index contributed by atoms with van der Waals surface area (Å²) in [4.78, 5) is 16.0. The van der Waals surface area contributed by atoms with E-state index in [0.717, 1.165) is 16.6 Å². The van der Waals surface area contributed by atoms with Gasteiger partial charge >= 0.3 is 0 Å². The number of nitrogens with one attached hydrogen (secondary N) is 1. The number of carbonyl (C=O) groups is 1. The smallest absolute Gasteiger partial charge is 0.253 e. The van der Waals surface area contributed by atoms with E-state index in [1.807, 2.05) is 7.05 Å². The van der Waals surface area contributed by atoms with E-state index in [1.54, 1.807) is 66.7 Å². The van der Waals surface area contributed by atoms with E-state index in [9.17, 15) is 4.79 Å². The summed E-state index contributed by atoms with van der Waals surface area (Å²) in [5.74, 6) is 0.825. The van der Waals surface area contributed by atoms with Crippen molar-refractivity contribution in [1.82, 2.24) is 20.2 Å². The molecule has 7 nitrogen and oxygen atoms in total. The summed E-state index contributed by atoms with van der Waals surface area (Å²) in [5, 5.41) is 13.8. The first-order valence-corrected chi connectivity index (χ1v) is 7.43. The predicted molar refractivity (Wildman–Crippen MR) is 88.0 cm³/mol. The highest BCUT2D eigenvalue weighted by atomic mass is 16.5. The third kappa shape index (κ3) is 2.69. The lowest BCUT2D eigenvalue weighted by Gasteiger charge is -2.22. The maximum Gasteiger partial charge on any atom is 0.253 e. The third-order valence-corrected chi connectivity index (χ3v) is 4.07. The van der Waals surface area contributed by atoms with Gasteiger partial charge in [0.1, 0.15) is 11.5 Å². The summed E-state index contributed by atoms with van der Waals surface area (Å²) in [6, 6.07) is 8.94. The lowest BCUT2D eigenvalue weighted by Crippen LogP contribution is -2.38. The molecule has 3 aromatic rings. The molecule has 0 fully saturated rings. The Bertz CT molecular complexity index is 884. The van der Waals surface area contributed by atoms with Gasteiger partial charge in [-0.3, -0.25) is 14.7 Å². The van der Waals surface area contributed by atoms with Crippen LogP contribution in [0.25, 0.3) is 11.0 Å². The Morgan fingerprint density at radius 3 is 2.62 bits per heavy atom. The van der Waals surface area contributed by atoms with Crippen LogP contribution < -0.4 is 10.2 Å². The number of benzene rings is 1. The number of nitrogens with zero attached hydrogens (tertiary/aromatic N) is 3. The van der Waals surface area contributed by atoms with Crippen molar-refractivity contribution in [2.75, 3.05) is 0 Å². The minimum absolute atomic E-state index is 0.470. The monoisotopic (exact) mass is 326 g/mol. The third-order valence-electron chi connectivity index (χ3n) is 4.07. The second kappa shape index (κ2) is 5.93. The minimum Gasteiger partial charge on any atom is -0.456 e. The first kappa shape index (κ1) is 15.9. The van der Waals surface area contributed by atoms with E-state index < -0.39 is 11.3 Å². The standard InChI is InChI=1S/C17H18N4O3/c1-17(2,16(22)20-23)11-4-6-12(7-5-11)24-14-8-9-18-15-13(14)10-19-21(15)3/h4-10,23H,1-3H3,(H,20,22). The molecule has 0 aliphatic rings. The quantitative estimate of drug-likeness (QED) is 0.568. The summed E-state index contributed by atoms with van der Waals surface area (Å²) in [5.41, 5.74) is 2.35. The second-order valence-corrected chi connectivity index (χ2v) is 6.01.